The van der Waals surface area contributed by atoms with Crippen LogP contribution in [0.25, 0.3) is 0 Å². The van der Waals surface area contributed by atoms with Crippen molar-refractivity contribution in [3.63, 3.8) is 0 Å². The molecule has 0 aliphatic heterocycles. The van der Waals surface area contributed by atoms with E-state index in [2.05, 4.69) is 5.32 Å². The third-order valence-corrected chi connectivity index (χ3v) is 3.90. The van der Waals surface area contributed by atoms with E-state index >= 15 is 0 Å². The normalized spacial score (nSPS) is 16.4. The second-order valence-electron chi connectivity index (χ2n) is 5.55. The molecular formula is C17H23NO2. The number of nitrogens with one attached hydrogen (secondary N) is 1. The molecular weight excluding hydrogens is 250 g/mol. The SMILES string of the molecule is O=C(CCC(=O)c1ccccc1)NC1CCCCCC1. The molecule has 0 bridgehead atoms. The monoisotopic (exact) mass is 273 g/mol. The van der Waals surface area contributed by atoms with Crippen molar-refractivity contribution >= 4 is 11.7 Å². The predicted octanol–water partition coefficient (Wildman–Crippen LogP) is 3.49. The summed E-state index contributed by atoms with van der Waals surface area (Å²) >= 11 is 0. The van der Waals surface area contributed by atoms with Gasteiger partial charge in [-0.3, -0.25) is 9.59 Å². The molecule has 3 heteroatoms. The Hall–Kier alpha value is -1.64. The average molecular weight is 273 g/mol. The van der Waals surface area contributed by atoms with Crippen LogP contribution in [0.5, 0.6) is 0 Å². The smallest absolute Gasteiger partial charge is 0.220 e. The lowest BCUT2D eigenvalue weighted by Gasteiger charge is -2.15. The van der Waals surface area contributed by atoms with E-state index in [0.717, 1.165) is 12.8 Å². The molecule has 0 saturated heterocycles. The number of carbonyl (C=O) groups is 2. The second kappa shape index (κ2) is 7.83. The van der Waals surface area contributed by atoms with Gasteiger partial charge < -0.3 is 5.32 Å². The van der Waals surface area contributed by atoms with Gasteiger partial charge in [-0.1, -0.05) is 56.0 Å². The fourth-order valence-electron chi connectivity index (χ4n) is 2.72. The quantitative estimate of drug-likeness (QED) is 0.659. The van der Waals surface area contributed by atoms with E-state index in [9.17, 15) is 9.59 Å². The molecule has 0 heterocycles. The number of amides is 1. The molecule has 2 rings (SSSR count). The highest BCUT2D eigenvalue weighted by Crippen LogP contribution is 2.17. The third-order valence-electron chi connectivity index (χ3n) is 3.90. The van der Waals surface area contributed by atoms with E-state index in [0.29, 0.717) is 24.4 Å². The van der Waals surface area contributed by atoms with Crippen LogP contribution in [0.1, 0.15) is 61.7 Å². The summed E-state index contributed by atoms with van der Waals surface area (Å²) < 4.78 is 0. The molecule has 20 heavy (non-hydrogen) atoms. The first-order chi connectivity index (χ1) is 9.75. The van der Waals surface area contributed by atoms with Crippen molar-refractivity contribution in [3.05, 3.63) is 35.9 Å². The number of ketones is 1. The second-order valence-corrected chi connectivity index (χ2v) is 5.55. The minimum Gasteiger partial charge on any atom is -0.353 e. The van der Waals surface area contributed by atoms with Gasteiger partial charge in [-0.2, -0.15) is 0 Å². The van der Waals surface area contributed by atoms with Crippen LogP contribution in [-0.4, -0.2) is 17.7 Å². The van der Waals surface area contributed by atoms with Crippen molar-refractivity contribution in [2.24, 2.45) is 0 Å². The molecule has 0 atom stereocenters. The number of hydrogen-bond donors (Lipinski definition) is 1. The summed E-state index contributed by atoms with van der Waals surface area (Å²) in [4.78, 5) is 23.8. The molecule has 0 spiro atoms. The molecule has 108 valence electrons. The van der Waals surface area contributed by atoms with Crippen molar-refractivity contribution in [3.8, 4) is 0 Å². The van der Waals surface area contributed by atoms with Crippen LogP contribution in [-0.2, 0) is 4.79 Å². The number of Topliss-reactive ketones (excluding diaryl/α,β-unsaturated/α-hetero) is 1. The van der Waals surface area contributed by atoms with E-state index in [4.69, 9.17) is 0 Å². The first-order valence-corrected chi connectivity index (χ1v) is 7.63. The lowest BCUT2D eigenvalue weighted by atomic mass is 10.1. The van der Waals surface area contributed by atoms with Gasteiger partial charge in [0.05, 0.1) is 0 Å². The Morgan fingerprint density at radius 3 is 2.25 bits per heavy atom. The first kappa shape index (κ1) is 14.8. The van der Waals surface area contributed by atoms with Gasteiger partial charge in [0.25, 0.3) is 0 Å². The van der Waals surface area contributed by atoms with Crippen LogP contribution in [0.4, 0.5) is 0 Å². The van der Waals surface area contributed by atoms with E-state index in [1.165, 1.54) is 25.7 Å². The molecule has 0 unspecified atom stereocenters. The zero-order valence-electron chi connectivity index (χ0n) is 11.9. The summed E-state index contributed by atoms with van der Waals surface area (Å²) in [5.74, 6) is 0.0581. The lowest BCUT2D eigenvalue weighted by Crippen LogP contribution is -2.34. The molecule has 0 radical (unpaired) electrons. The Labute approximate surface area is 120 Å². The van der Waals surface area contributed by atoms with Gasteiger partial charge in [0, 0.05) is 24.4 Å². The molecule has 1 aliphatic carbocycles. The summed E-state index contributed by atoms with van der Waals surface area (Å²) in [7, 11) is 0. The van der Waals surface area contributed by atoms with Crippen molar-refractivity contribution in [2.45, 2.75) is 57.4 Å². The minimum absolute atomic E-state index is 0.0150. The molecule has 1 N–H and O–H groups in total. The third kappa shape index (κ3) is 4.80. The molecule has 1 saturated carbocycles. The summed E-state index contributed by atoms with van der Waals surface area (Å²) in [6, 6.07) is 9.49. The average Bonchev–Trinajstić information content (AvgIpc) is 2.74. The van der Waals surface area contributed by atoms with Gasteiger partial charge in [0.2, 0.25) is 5.91 Å². The highest BCUT2D eigenvalue weighted by Gasteiger charge is 2.15. The van der Waals surface area contributed by atoms with Crippen molar-refractivity contribution in [1.82, 2.24) is 5.32 Å². The maximum absolute atomic E-state index is 11.9. The maximum Gasteiger partial charge on any atom is 0.220 e. The predicted molar refractivity (Wildman–Crippen MR) is 79.6 cm³/mol. The summed E-state index contributed by atoms with van der Waals surface area (Å²) in [5.41, 5.74) is 0.690. The van der Waals surface area contributed by atoms with Gasteiger partial charge in [0.1, 0.15) is 0 Å². The molecule has 1 amide bonds. The number of carbonyl (C=O) groups excluding carboxylic acids is 2. The molecule has 0 aromatic heterocycles. The largest absolute Gasteiger partial charge is 0.353 e. The van der Waals surface area contributed by atoms with Crippen LogP contribution >= 0.6 is 0 Å². The first-order valence-electron chi connectivity index (χ1n) is 7.63. The van der Waals surface area contributed by atoms with E-state index in [-0.39, 0.29) is 11.7 Å². The standard InChI is InChI=1S/C17H23NO2/c19-16(14-8-4-3-5-9-14)12-13-17(20)18-15-10-6-1-2-7-11-15/h3-5,8-9,15H,1-2,6-7,10-13H2,(H,18,20). The van der Waals surface area contributed by atoms with Crippen molar-refractivity contribution < 1.29 is 9.59 Å². The van der Waals surface area contributed by atoms with Gasteiger partial charge in [0.15, 0.2) is 5.78 Å². The van der Waals surface area contributed by atoms with Gasteiger partial charge >= 0.3 is 0 Å². The molecule has 1 aliphatic rings. The molecule has 1 fully saturated rings. The van der Waals surface area contributed by atoms with Crippen LogP contribution in [0.3, 0.4) is 0 Å². The number of benzene rings is 1. The zero-order valence-corrected chi connectivity index (χ0v) is 11.9. The van der Waals surface area contributed by atoms with Crippen LogP contribution in [0, 0.1) is 0 Å². The molecule has 1 aromatic carbocycles. The van der Waals surface area contributed by atoms with Crippen LogP contribution in [0.15, 0.2) is 30.3 Å². The van der Waals surface area contributed by atoms with Crippen LogP contribution < -0.4 is 5.32 Å². The Bertz CT molecular complexity index is 434. The summed E-state index contributed by atoms with van der Waals surface area (Å²) in [6.45, 7) is 0. The highest BCUT2D eigenvalue weighted by molar-refractivity contribution is 5.97. The zero-order chi connectivity index (χ0) is 14.2. The molecule has 3 nitrogen and oxygen atoms in total. The Kier molecular flexibility index (Phi) is 5.78. The van der Waals surface area contributed by atoms with E-state index in [1.807, 2.05) is 18.2 Å². The lowest BCUT2D eigenvalue weighted by molar-refractivity contribution is -0.121. The summed E-state index contributed by atoms with van der Waals surface area (Å²) in [5, 5.41) is 3.07. The summed E-state index contributed by atoms with van der Waals surface area (Å²) in [6.07, 6.45) is 7.71. The minimum atomic E-state index is 0.0150. The van der Waals surface area contributed by atoms with Gasteiger partial charge in [-0.25, -0.2) is 0 Å². The number of rotatable bonds is 5. The highest BCUT2D eigenvalue weighted by atomic mass is 16.2. The molecule has 1 aromatic rings. The van der Waals surface area contributed by atoms with Crippen LogP contribution in [0.2, 0.25) is 0 Å². The van der Waals surface area contributed by atoms with E-state index in [1.54, 1.807) is 12.1 Å². The number of hydrogen-bond acceptors (Lipinski definition) is 2. The van der Waals surface area contributed by atoms with Crippen molar-refractivity contribution in [1.29, 1.82) is 0 Å². The van der Waals surface area contributed by atoms with Gasteiger partial charge in [-0.05, 0) is 12.8 Å². The topological polar surface area (TPSA) is 46.2 Å². The fourth-order valence-corrected chi connectivity index (χ4v) is 2.72. The Morgan fingerprint density at radius 1 is 0.950 bits per heavy atom. The Balaban J connectivity index is 1.73. The fraction of sp³-hybridized carbons (Fsp3) is 0.529. The Morgan fingerprint density at radius 2 is 1.60 bits per heavy atom. The van der Waals surface area contributed by atoms with Gasteiger partial charge in [-0.15, -0.1) is 0 Å². The van der Waals surface area contributed by atoms with Crippen molar-refractivity contribution in [2.75, 3.05) is 0 Å². The maximum atomic E-state index is 11.9. The van der Waals surface area contributed by atoms with E-state index < -0.39 is 0 Å².